The second-order valence-corrected chi connectivity index (χ2v) is 3.95. The minimum absolute atomic E-state index is 0.752. The van der Waals surface area contributed by atoms with Gasteiger partial charge < -0.3 is 9.79 Å². The Balaban J connectivity index is 3.21. The molecular formula is C10H15O2P. The molecule has 0 saturated carbocycles. The standard InChI is InChI=1S/C10H15O2P/c1-3-8-6-5-7-9(4-2)10(8)13(11)12/h5-7,11-12H,3-4H2,1-2H3. The fourth-order valence-electron chi connectivity index (χ4n) is 1.47. The largest absolute Gasteiger partial charge is 0.347 e. The van der Waals surface area contributed by atoms with Gasteiger partial charge in [0.2, 0.25) is 0 Å². The van der Waals surface area contributed by atoms with Gasteiger partial charge in [0.1, 0.15) is 0 Å². The Hall–Kier alpha value is -0.430. The van der Waals surface area contributed by atoms with Crippen LogP contribution in [-0.4, -0.2) is 9.79 Å². The Morgan fingerprint density at radius 1 is 1.08 bits per heavy atom. The van der Waals surface area contributed by atoms with Crippen molar-refractivity contribution in [2.75, 3.05) is 0 Å². The molecule has 0 spiro atoms. The van der Waals surface area contributed by atoms with E-state index in [1.54, 1.807) is 0 Å². The van der Waals surface area contributed by atoms with Gasteiger partial charge in [0.25, 0.3) is 0 Å². The maximum absolute atomic E-state index is 9.27. The first-order valence-corrected chi connectivity index (χ1v) is 5.74. The molecule has 2 nitrogen and oxygen atoms in total. The second-order valence-electron chi connectivity index (χ2n) is 2.92. The van der Waals surface area contributed by atoms with Gasteiger partial charge in [0.15, 0.2) is 8.38 Å². The molecule has 0 aliphatic heterocycles. The average Bonchev–Trinajstić information content (AvgIpc) is 2.16. The third-order valence-electron chi connectivity index (χ3n) is 2.16. The summed E-state index contributed by atoms with van der Waals surface area (Å²) in [6.07, 6.45) is 1.70. The Labute approximate surface area is 80.2 Å². The van der Waals surface area contributed by atoms with Crippen LogP contribution >= 0.6 is 8.38 Å². The fraction of sp³-hybridized carbons (Fsp3) is 0.400. The van der Waals surface area contributed by atoms with E-state index >= 15 is 0 Å². The lowest BCUT2D eigenvalue weighted by molar-refractivity contribution is 0.496. The zero-order valence-corrected chi connectivity index (χ0v) is 8.88. The van der Waals surface area contributed by atoms with Crippen molar-refractivity contribution in [3.8, 4) is 0 Å². The summed E-state index contributed by atoms with van der Waals surface area (Å²) in [7, 11) is -1.95. The van der Waals surface area contributed by atoms with Crippen LogP contribution < -0.4 is 5.30 Å². The second kappa shape index (κ2) is 4.71. The van der Waals surface area contributed by atoms with Gasteiger partial charge in [-0.3, -0.25) is 0 Å². The summed E-state index contributed by atoms with van der Waals surface area (Å²) in [5.74, 6) is 0. The summed E-state index contributed by atoms with van der Waals surface area (Å²) in [5, 5.41) is 0.752. The molecule has 2 N–H and O–H groups in total. The first-order chi connectivity index (χ1) is 6.20. The molecule has 0 atom stereocenters. The summed E-state index contributed by atoms with van der Waals surface area (Å²) >= 11 is 0. The van der Waals surface area contributed by atoms with Gasteiger partial charge >= 0.3 is 0 Å². The molecule has 0 aliphatic rings. The van der Waals surface area contributed by atoms with Crippen molar-refractivity contribution in [1.29, 1.82) is 0 Å². The Morgan fingerprint density at radius 2 is 1.54 bits per heavy atom. The van der Waals surface area contributed by atoms with Gasteiger partial charge in [0, 0.05) is 5.30 Å². The predicted molar refractivity (Wildman–Crippen MR) is 56.2 cm³/mol. The van der Waals surface area contributed by atoms with Gasteiger partial charge in [-0.2, -0.15) is 0 Å². The van der Waals surface area contributed by atoms with E-state index in [1.165, 1.54) is 0 Å². The van der Waals surface area contributed by atoms with E-state index in [4.69, 9.17) is 0 Å². The highest BCUT2D eigenvalue weighted by Crippen LogP contribution is 2.27. The molecule has 0 unspecified atom stereocenters. The number of benzene rings is 1. The third kappa shape index (κ3) is 2.28. The normalized spacial score (nSPS) is 10.8. The van der Waals surface area contributed by atoms with Gasteiger partial charge in [-0.25, -0.2) is 0 Å². The van der Waals surface area contributed by atoms with Crippen LogP contribution in [-0.2, 0) is 12.8 Å². The van der Waals surface area contributed by atoms with Crippen LogP contribution in [0.15, 0.2) is 18.2 Å². The quantitative estimate of drug-likeness (QED) is 0.726. The molecule has 0 bridgehead atoms. The summed E-state index contributed by atoms with van der Waals surface area (Å²) in [4.78, 5) is 18.5. The van der Waals surface area contributed by atoms with E-state index in [9.17, 15) is 9.79 Å². The molecule has 13 heavy (non-hydrogen) atoms. The number of aryl methyl sites for hydroxylation is 2. The van der Waals surface area contributed by atoms with Gasteiger partial charge in [-0.15, -0.1) is 0 Å². The van der Waals surface area contributed by atoms with E-state index in [1.807, 2.05) is 32.0 Å². The third-order valence-corrected chi connectivity index (χ3v) is 3.14. The lowest BCUT2D eigenvalue weighted by Crippen LogP contribution is -2.13. The SMILES string of the molecule is CCc1cccc(CC)c1P(O)O. The first kappa shape index (κ1) is 10.6. The van der Waals surface area contributed by atoms with Crippen molar-refractivity contribution >= 4 is 13.7 Å². The van der Waals surface area contributed by atoms with Crippen LogP contribution in [0.1, 0.15) is 25.0 Å². The van der Waals surface area contributed by atoms with Crippen LogP contribution in [0.25, 0.3) is 0 Å². The molecule has 0 amide bonds. The van der Waals surface area contributed by atoms with Crippen LogP contribution in [0, 0.1) is 0 Å². The minimum Gasteiger partial charge on any atom is -0.347 e. The number of rotatable bonds is 3. The van der Waals surface area contributed by atoms with Crippen molar-refractivity contribution in [2.24, 2.45) is 0 Å². The summed E-state index contributed by atoms with van der Waals surface area (Å²) in [6, 6.07) is 5.88. The highest BCUT2D eigenvalue weighted by Gasteiger charge is 2.12. The molecule has 1 aromatic rings. The molecule has 0 fully saturated rings. The molecule has 1 rings (SSSR count). The van der Waals surface area contributed by atoms with Gasteiger partial charge in [-0.05, 0) is 24.0 Å². The number of hydrogen-bond donors (Lipinski definition) is 2. The van der Waals surface area contributed by atoms with E-state index in [0.29, 0.717) is 0 Å². The summed E-state index contributed by atoms with van der Waals surface area (Å²) in [5.41, 5.74) is 2.10. The summed E-state index contributed by atoms with van der Waals surface area (Å²) in [6.45, 7) is 4.05. The van der Waals surface area contributed by atoms with Crippen LogP contribution in [0.4, 0.5) is 0 Å². The van der Waals surface area contributed by atoms with Crippen molar-refractivity contribution < 1.29 is 9.79 Å². The molecule has 3 heteroatoms. The van der Waals surface area contributed by atoms with Crippen LogP contribution in [0.2, 0.25) is 0 Å². The van der Waals surface area contributed by atoms with Crippen molar-refractivity contribution in [1.82, 2.24) is 0 Å². The van der Waals surface area contributed by atoms with E-state index < -0.39 is 8.38 Å². The maximum atomic E-state index is 9.27. The molecule has 1 aromatic carbocycles. The van der Waals surface area contributed by atoms with Crippen molar-refractivity contribution in [3.63, 3.8) is 0 Å². The highest BCUT2D eigenvalue weighted by molar-refractivity contribution is 7.54. The smallest absolute Gasteiger partial charge is 0.200 e. The zero-order valence-electron chi connectivity index (χ0n) is 7.99. The van der Waals surface area contributed by atoms with Crippen LogP contribution in [0.3, 0.4) is 0 Å². The van der Waals surface area contributed by atoms with Crippen LogP contribution in [0.5, 0.6) is 0 Å². The molecule has 0 saturated heterocycles. The molecule has 72 valence electrons. The Bertz CT molecular complexity index is 262. The molecule has 0 aliphatic carbocycles. The lowest BCUT2D eigenvalue weighted by atomic mass is 10.1. The first-order valence-electron chi connectivity index (χ1n) is 4.49. The zero-order chi connectivity index (χ0) is 9.84. The van der Waals surface area contributed by atoms with E-state index in [0.717, 1.165) is 29.3 Å². The van der Waals surface area contributed by atoms with Crippen molar-refractivity contribution in [3.05, 3.63) is 29.3 Å². The maximum Gasteiger partial charge on any atom is 0.200 e. The lowest BCUT2D eigenvalue weighted by Gasteiger charge is -2.13. The molecule has 0 heterocycles. The molecular weight excluding hydrogens is 183 g/mol. The molecule has 0 aromatic heterocycles. The van der Waals surface area contributed by atoms with Gasteiger partial charge in [-0.1, -0.05) is 32.0 Å². The Kier molecular flexibility index (Phi) is 3.86. The monoisotopic (exact) mass is 198 g/mol. The predicted octanol–water partition coefficient (Wildman–Crippen LogP) is 1.73. The van der Waals surface area contributed by atoms with E-state index in [-0.39, 0.29) is 0 Å². The topological polar surface area (TPSA) is 40.5 Å². The number of hydrogen-bond acceptors (Lipinski definition) is 2. The van der Waals surface area contributed by atoms with Gasteiger partial charge in [0.05, 0.1) is 0 Å². The minimum atomic E-state index is -1.95. The molecule has 0 radical (unpaired) electrons. The Morgan fingerprint density at radius 3 is 1.85 bits per heavy atom. The average molecular weight is 198 g/mol. The van der Waals surface area contributed by atoms with E-state index in [2.05, 4.69) is 0 Å². The summed E-state index contributed by atoms with van der Waals surface area (Å²) < 4.78 is 0. The van der Waals surface area contributed by atoms with Crippen molar-refractivity contribution in [2.45, 2.75) is 26.7 Å². The highest BCUT2D eigenvalue weighted by atomic mass is 31.2. The fourth-order valence-corrected chi connectivity index (χ4v) is 2.45.